The highest BCUT2D eigenvalue weighted by Gasteiger charge is 2.11. The lowest BCUT2D eigenvalue weighted by atomic mass is 10.0. The van der Waals surface area contributed by atoms with E-state index in [4.69, 9.17) is 5.11 Å². The van der Waals surface area contributed by atoms with Crippen molar-refractivity contribution in [3.8, 4) is 5.75 Å². The Bertz CT molecular complexity index is 710. The molecule has 0 heterocycles. The third kappa shape index (κ3) is 11.1. The minimum atomic E-state index is -0.659. The van der Waals surface area contributed by atoms with E-state index in [2.05, 4.69) is 6.92 Å². The number of aliphatic carboxylic acids is 1. The molecular formula is C25H34O4. The van der Waals surface area contributed by atoms with Gasteiger partial charge in [0.05, 0.1) is 5.56 Å². The molecule has 29 heavy (non-hydrogen) atoms. The molecule has 0 spiro atoms. The van der Waals surface area contributed by atoms with E-state index in [1.807, 2.05) is 6.07 Å². The molecule has 0 fully saturated rings. The van der Waals surface area contributed by atoms with Crippen molar-refractivity contribution < 1.29 is 19.8 Å². The van der Waals surface area contributed by atoms with Crippen LogP contribution in [0.1, 0.15) is 87.1 Å². The number of ketones is 1. The van der Waals surface area contributed by atoms with Crippen LogP contribution in [0.2, 0.25) is 0 Å². The fraction of sp³-hybridized carbons (Fsp3) is 0.440. The maximum Gasteiger partial charge on any atom is 0.303 e. The van der Waals surface area contributed by atoms with Crippen LogP contribution in [0.4, 0.5) is 0 Å². The number of para-hydroxylation sites is 1. The Morgan fingerprint density at radius 2 is 1.24 bits per heavy atom. The largest absolute Gasteiger partial charge is 0.507 e. The molecule has 0 unspecified atom stereocenters. The zero-order chi connectivity index (χ0) is 21.3. The Kier molecular flexibility index (Phi) is 12.9. The minimum Gasteiger partial charge on any atom is -0.507 e. The van der Waals surface area contributed by atoms with Gasteiger partial charge in [0.2, 0.25) is 0 Å². The van der Waals surface area contributed by atoms with Gasteiger partial charge in [-0.2, -0.15) is 0 Å². The first kappa shape index (κ1) is 24.4. The predicted molar refractivity (Wildman–Crippen MR) is 117 cm³/mol. The first-order valence-corrected chi connectivity index (χ1v) is 10.7. The minimum absolute atomic E-state index is 0.0198. The maximum absolute atomic E-state index is 11.9. The van der Waals surface area contributed by atoms with Crippen molar-refractivity contribution in [2.45, 2.75) is 71.1 Å². The van der Waals surface area contributed by atoms with Crippen LogP contribution in [0.3, 0.4) is 0 Å². The van der Waals surface area contributed by atoms with Crippen LogP contribution < -0.4 is 0 Å². The summed E-state index contributed by atoms with van der Waals surface area (Å²) in [5, 5.41) is 17.9. The summed E-state index contributed by atoms with van der Waals surface area (Å²) in [5.41, 5.74) is 0.919. The SMILES string of the molecule is CCCCCCCCCCCC(=O)O.O=C(c1ccccc1)c1ccccc1O. The van der Waals surface area contributed by atoms with E-state index in [0.29, 0.717) is 17.5 Å². The van der Waals surface area contributed by atoms with Gasteiger partial charge in [-0.25, -0.2) is 0 Å². The van der Waals surface area contributed by atoms with Crippen molar-refractivity contribution in [3.63, 3.8) is 0 Å². The number of rotatable bonds is 12. The molecule has 0 amide bonds. The number of benzene rings is 2. The molecule has 0 aromatic heterocycles. The number of hydrogen-bond donors (Lipinski definition) is 2. The van der Waals surface area contributed by atoms with Crippen LogP contribution in [0.15, 0.2) is 54.6 Å². The molecule has 0 aliphatic rings. The summed E-state index contributed by atoms with van der Waals surface area (Å²) in [7, 11) is 0. The zero-order valence-corrected chi connectivity index (χ0v) is 17.5. The smallest absolute Gasteiger partial charge is 0.303 e. The maximum atomic E-state index is 11.9. The molecule has 158 valence electrons. The van der Waals surface area contributed by atoms with Gasteiger partial charge in [0.1, 0.15) is 5.75 Å². The molecule has 2 rings (SSSR count). The van der Waals surface area contributed by atoms with Crippen molar-refractivity contribution in [1.82, 2.24) is 0 Å². The number of hydrogen-bond acceptors (Lipinski definition) is 3. The number of carboxylic acid groups (broad SMARTS) is 1. The lowest BCUT2D eigenvalue weighted by molar-refractivity contribution is -0.137. The molecule has 0 radical (unpaired) electrons. The van der Waals surface area contributed by atoms with E-state index in [9.17, 15) is 14.7 Å². The highest BCUT2D eigenvalue weighted by atomic mass is 16.4. The van der Waals surface area contributed by atoms with Gasteiger partial charge >= 0.3 is 5.97 Å². The second-order valence-corrected chi connectivity index (χ2v) is 7.18. The Hall–Kier alpha value is -2.62. The van der Waals surface area contributed by atoms with Crippen LogP contribution >= 0.6 is 0 Å². The van der Waals surface area contributed by atoms with Crippen LogP contribution in [0.25, 0.3) is 0 Å². The molecule has 4 nitrogen and oxygen atoms in total. The van der Waals surface area contributed by atoms with Crippen molar-refractivity contribution >= 4 is 11.8 Å². The lowest BCUT2D eigenvalue weighted by Gasteiger charge is -2.02. The highest BCUT2D eigenvalue weighted by molar-refractivity contribution is 6.10. The fourth-order valence-electron chi connectivity index (χ4n) is 3.00. The molecule has 0 atom stereocenters. The number of carbonyl (C=O) groups is 2. The van der Waals surface area contributed by atoms with Gasteiger partial charge in [0.15, 0.2) is 5.78 Å². The average Bonchev–Trinajstić information content (AvgIpc) is 2.73. The third-order valence-electron chi connectivity index (χ3n) is 4.68. The molecule has 2 aromatic carbocycles. The van der Waals surface area contributed by atoms with E-state index < -0.39 is 5.97 Å². The quantitative estimate of drug-likeness (QED) is 0.311. The number of phenols is 1. The van der Waals surface area contributed by atoms with E-state index in [-0.39, 0.29) is 11.5 Å². The summed E-state index contributed by atoms with van der Waals surface area (Å²) in [5.74, 6) is -0.798. The standard InChI is InChI=1S/C13H10O2.C12H24O2/c14-12-9-5-4-8-11(12)13(15)10-6-2-1-3-7-10;1-2-3-4-5-6-7-8-9-10-11-12(13)14/h1-9,14H;2-11H2,1H3,(H,13,14). The van der Waals surface area contributed by atoms with Crippen LogP contribution in [-0.2, 0) is 4.79 Å². The molecule has 2 aromatic rings. The van der Waals surface area contributed by atoms with Crippen LogP contribution in [0.5, 0.6) is 5.75 Å². The van der Waals surface area contributed by atoms with Gasteiger partial charge in [0.25, 0.3) is 0 Å². The van der Waals surface area contributed by atoms with Gasteiger partial charge in [-0.15, -0.1) is 0 Å². The topological polar surface area (TPSA) is 74.6 Å². The van der Waals surface area contributed by atoms with E-state index in [1.165, 1.54) is 51.0 Å². The third-order valence-corrected chi connectivity index (χ3v) is 4.68. The molecule has 0 saturated carbocycles. The van der Waals surface area contributed by atoms with Crippen molar-refractivity contribution in [2.24, 2.45) is 0 Å². The van der Waals surface area contributed by atoms with E-state index in [0.717, 1.165) is 12.8 Å². The predicted octanol–water partition coefficient (Wildman–Crippen LogP) is 6.62. The van der Waals surface area contributed by atoms with E-state index in [1.54, 1.807) is 42.5 Å². The van der Waals surface area contributed by atoms with Gasteiger partial charge in [-0.1, -0.05) is 101 Å². The molecule has 0 bridgehead atoms. The van der Waals surface area contributed by atoms with Crippen molar-refractivity contribution in [2.75, 3.05) is 0 Å². The monoisotopic (exact) mass is 398 g/mol. The Morgan fingerprint density at radius 1 is 0.724 bits per heavy atom. The normalized spacial score (nSPS) is 10.1. The number of aromatic hydroxyl groups is 1. The number of carbonyl (C=O) groups excluding carboxylic acids is 1. The lowest BCUT2D eigenvalue weighted by Crippen LogP contribution is -2.00. The summed E-state index contributed by atoms with van der Waals surface area (Å²) in [6.45, 7) is 2.23. The Labute approximate surface area is 174 Å². The summed E-state index contributed by atoms with van der Waals surface area (Å²) in [6.07, 6.45) is 11.5. The van der Waals surface area contributed by atoms with Crippen LogP contribution in [0, 0.1) is 0 Å². The molecule has 4 heteroatoms. The first-order valence-electron chi connectivity index (χ1n) is 10.7. The highest BCUT2D eigenvalue weighted by Crippen LogP contribution is 2.19. The summed E-state index contributed by atoms with van der Waals surface area (Å²) < 4.78 is 0. The molecule has 0 aliphatic carbocycles. The summed E-state index contributed by atoms with van der Waals surface area (Å²) in [6, 6.07) is 15.5. The second-order valence-electron chi connectivity index (χ2n) is 7.18. The summed E-state index contributed by atoms with van der Waals surface area (Å²) >= 11 is 0. The molecular weight excluding hydrogens is 364 g/mol. The summed E-state index contributed by atoms with van der Waals surface area (Å²) in [4.78, 5) is 22.1. The Balaban J connectivity index is 0.000000291. The number of carboxylic acids is 1. The van der Waals surface area contributed by atoms with Gasteiger partial charge in [-0.3, -0.25) is 9.59 Å². The number of unbranched alkanes of at least 4 members (excludes halogenated alkanes) is 8. The van der Waals surface area contributed by atoms with Gasteiger partial charge < -0.3 is 10.2 Å². The number of phenolic OH excluding ortho intramolecular Hbond substituents is 1. The van der Waals surface area contributed by atoms with Crippen molar-refractivity contribution in [1.29, 1.82) is 0 Å². The van der Waals surface area contributed by atoms with Crippen LogP contribution in [-0.4, -0.2) is 22.0 Å². The zero-order valence-electron chi connectivity index (χ0n) is 17.5. The van der Waals surface area contributed by atoms with Crippen molar-refractivity contribution in [3.05, 3.63) is 65.7 Å². The average molecular weight is 399 g/mol. The first-order chi connectivity index (χ1) is 14.1. The molecule has 0 aliphatic heterocycles. The fourth-order valence-corrected chi connectivity index (χ4v) is 3.00. The molecule has 2 N–H and O–H groups in total. The van der Waals surface area contributed by atoms with Gasteiger partial charge in [0, 0.05) is 12.0 Å². The second kappa shape index (κ2) is 15.3. The van der Waals surface area contributed by atoms with Gasteiger partial charge in [-0.05, 0) is 18.6 Å². The Morgan fingerprint density at radius 3 is 1.79 bits per heavy atom. The van der Waals surface area contributed by atoms with E-state index >= 15 is 0 Å². The molecule has 0 saturated heterocycles.